The first kappa shape index (κ1) is 25.6. The number of rotatable bonds is 8. The number of nitro benzene ring substituents is 1. The van der Waals surface area contributed by atoms with Gasteiger partial charge in [-0.05, 0) is 74.9 Å². The van der Waals surface area contributed by atoms with Crippen molar-refractivity contribution in [3.05, 3.63) is 100 Å². The average molecular weight is 525 g/mol. The Labute approximate surface area is 225 Å². The molecular formula is C28H28N8O3. The summed E-state index contributed by atoms with van der Waals surface area (Å²) in [6.45, 7) is 7.84. The highest BCUT2D eigenvalue weighted by Gasteiger charge is 2.34. The number of allylic oxidation sites excluding steroid dienone is 1. The van der Waals surface area contributed by atoms with Crippen LogP contribution in [0.2, 0.25) is 0 Å². The van der Waals surface area contributed by atoms with Crippen molar-refractivity contribution in [1.82, 2.24) is 19.7 Å². The highest BCUT2D eigenvalue weighted by atomic mass is 16.6. The summed E-state index contributed by atoms with van der Waals surface area (Å²) in [6, 6.07) is 17.0. The number of fused-ring (bicyclic) bond motifs is 1. The van der Waals surface area contributed by atoms with Crippen molar-refractivity contribution < 1.29 is 9.72 Å². The van der Waals surface area contributed by atoms with Crippen molar-refractivity contribution in [3.63, 3.8) is 0 Å². The fraction of sp³-hybridized carbons (Fsp3) is 0.214. The largest absolute Gasteiger partial charge is 0.372 e. The molecule has 1 atom stereocenters. The number of amides is 1. The third-order valence-electron chi connectivity index (χ3n) is 6.69. The Morgan fingerprint density at radius 2 is 1.82 bits per heavy atom. The zero-order valence-corrected chi connectivity index (χ0v) is 21.8. The number of hydrogen-bond donors (Lipinski definition) is 2. The molecule has 1 unspecified atom stereocenters. The second kappa shape index (κ2) is 10.7. The van der Waals surface area contributed by atoms with Gasteiger partial charge < -0.3 is 15.5 Å². The maximum absolute atomic E-state index is 13.6. The number of nitro groups is 1. The summed E-state index contributed by atoms with van der Waals surface area (Å²) in [5.74, 6) is 0.622. The highest BCUT2D eigenvalue weighted by molar-refractivity contribution is 6.06. The van der Waals surface area contributed by atoms with Crippen molar-refractivity contribution in [3.8, 4) is 11.4 Å². The summed E-state index contributed by atoms with van der Waals surface area (Å²) >= 11 is 0. The van der Waals surface area contributed by atoms with E-state index in [1.54, 1.807) is 48.3 Å². The summed E-state index contributed by atoms with van der Waals surface area (Å²) in [5, 5.41) is 22.2. The Bertz CT molecular complexity index is 1530. The molecule has 0 bridgehead atoms. The second-order valence-electron chi connectivity index (χ2n) is 9.03. The van der Waals surface area contributed by atoms with Crippen molar-refractivity contribution in [2.45, 2.75) is 26.8 Å². The lowest BCUT2D eigenvalue weighted by atomic mass is 9.95. The van der Waals surface area contributed by atoms with Crippen LogP contribution in [0.5, 0.6) is 0 Å². The van der Waals surface area contributed by atoms with Crippen molar-refractivity contribution >= 4 is 28.9 Å². The van der Waals surface area contributed by atoms with Gasteiger partial charge >= 0.3 is 0 Å². The zero-order valence-electron chi connectivity index (χ0n) is 21.8. The number of carbonyl (C=O) groups is 1. The Kier molecular flexibility index (Phi) is 7.04. The summed E-state index contributed by atoms with van der Waals surface area (Å²) < 4.78 is 1.65. The quantitative estimate of drug-likeness (QED) is 0.243. The van der Waals surface area contributed by atoms with Gasteiger partial charge in [0, 0.05) is 48.4 Å². The molecule has 5 rings (SSSR count). The fourth-order valence-electron chi connectivity index (χ4n) is 4.70. The number of hydrogen-bond acceptors (Lipinski definition) is 8. The van der Waals surface area contributed by atoms with Crippen molar-refractivity contribution in [2.75, 3.05) is 28.6 Å². The molecule has 0 saturated carbocycles. The standard InChI is InChI=1S/C28H28N8O3/c1-4-34(5-2)22-12-10-20(11-13-22)26-32-28-30-18(3)24(27(37)31-21-7-6-16-29-17-21)25(35(28)33-26)19-8-14-23(15-9-19)36(38)39/h6-17,25H,4-5H2,1-3H3,(H,31,37)(H,30,32,33). The number of pyridine rings is 1. The van der Waals surface area contributed by atoms with Crippen LogP contribution in [0.15, 0.2) is 84.3 Å². The van der Waals surface area contributed by atoms with Crippen LogP contribution in [0.4, 0.5) is 23.0 Å². The van der Waals surface area contributed by atoms with E-state index in [2.05, 4.69) is 34.4 Å². The van der Waals surface area contributed by atoms with E-state index in [4.69, 9.17) is 10.1 Å². The number of nitrogens with one attached hydrogen (secondary N) is 2. The lowest BCUT2D eigenvalue weighted by Gasteiger charge is -2.28. The molecular weight excluding hydrogens is 496 g/mol. The Balaban J connectivity index is 1.56. The molecule has 2 aromatic heterocycles. The summed E-state index contributed by atoms with van der Waals surface area (Å²) in [5.41, 5.74) is 4.12. The minimum absolute atomic E-state index is 0.0393. The molecule has 1 amide bonds. The molecule has 0 aliphatic carbocycles. The predicted molar refractivity (Wildman–Crippen MR) is 149 cm³/mol. The molecule has 0 fully saturated rings. The first-order chi connectivity index (χ1) is 18.9. The number of non-ortho nitro benzene ring substituents is 1. The van der Waals surface area contributed by atoms with Crippen LogP contribution in [0, 0.1) is 10.1 Å². The molecule has 11 heteroatoms. The number of aromatic nitrogens is 4. The predicted octanol–water partition coefficient (Wildman–Crippen LogP) is 5.02. The normalized spacial score (nSPS) is 14.4. The third-order valence-corrected chi connectivity index (χ3v) is 6.69. The summed E-state index contributed by atoms with van der Waals surface area (Å²) in [6.07, 6.45) is 3.19. The molecule has 1 aliphatic heterocycles. The van der Waals surface area contributed by atoms with Crippen LogP contribution in [0.25, 0.3) is 11.4 Å². The van der Waals surface area contributed by atoms with Crippen LogP contribution in [0.3, 0.4) is 0 Å². The Morgan fingerprint density at radius 1 is 1.10 bits per heavy atom. The van der Waals surface area contributed by atoms with Gasteiger partial charge in [0.2, 0.25) is 5.95 Å². The number of carbonyl (C=O) groups excluding carboxylic acids is 1. The van der Waals surface area contributed by atoms with Gasteiger partial charge in [-0.25, -0.2) is 4.68 Å². The highest BCUT2D eigenvalue weighted by Crippen LogP contribution is 2.37. The molecule has 4 aromatic rings. The third kappa shape index (κ3) is 5.06. The smallest absolute Gasteiger partial charge is 0.269 e. The lowest BCUT2D eigenvalue weighted by molar-refractivity contribution is -0.384. The number of benzene rings is 2. The molecule has 3 heterocycles. The van der Waals surface area contributed by atoms with Gasteiger partial charge in [0.15, 0.2) is 5.82 Å². The molecule has 0 radical (unpaired) electrons. The monoisotopic (exact) mass is 524 g/mol. The van der Waals surface area contributed by atoms with E-state index < -0.39 is 11.0 Å². The summed E-state index contributed by atoms with van der Waals surface area (Å²) in [4.78, 5) is 35.4. The van der Waals surface area contributed by atoms with Gasteiger partial charge in [-0.2, -0.15) is 4.98 Å². The minimum atomic E-state index is -0.671. The minimum Gasteiger partial charge on any atom is -0.372 e. The molecule has 11 nitrogen and oxygen atoms in total. The molecule has 39 heavy (non-hydrogen) atoms. The molecule has 0 saturated heterocycles. The van der Waals surface area contributed by atoms with Crippen LogP contribution < -0.4 is 15.5 Å². The lowest BCUT2D eigenvalue weighted by Crippen LogP contribution is -2.31. The number of anilines is 3. The van der Waals surface area contributed by atoms with Crippen molar-refractivity contribution in [1.29, 1.82) is 0 Å². The van der Waals surface area contributed by atoms with Crippen molar-refractivity contribution in [2.24, 2.45) is 0 Å². The zero-order chi connectivity index (χ0) is 27.5. The van der Waals surface area contributed by atoms with E-state index in [9.17, 15) is 14.9 Å². The van der Waals surface area contributed by atoms with Crippen LogP contribution in [-0.2, 0) is 4.79 Å². The first-order valence-corrected chi connectivity index (χ1v) is 12.6. The van der Waals surface area contributed by atoms with Crippen LogP contribution >= 0.6 is 0 Å². The molecule has 0 spiro atoms. The van der Waals surface area contributed by atoms with E-state index in [1.165, 1.54) is 12.1 Å². The van der Waals surface area contributed by atoms with Crippen LogP contribution in [-0.4, -0.2) is 43.7 Å². The van der Waals surface area contributed by atoms with Gasteiger partial charge in [0.1, 0.15) is 6.04 Å². The fourth-order valence-corrected chi connectivity index (χ4v) is 4.70. The summed E-state index contributed by atoms with van der Waals surface area (Å²) in [7, 11) is 0. The molecule has 1 aliphatic rings. The first-order valence-electron chi connectivity index (χ1n) is 12.6. The molecule has 198 valence electrons. The van der Waals surface area contributed by atoms with Crippen LogP contribution in [0.1, 0.15) is 32.4 Å². The maximum atomic E-state index is 13.6. The van der Waals surface area contributed by atoms with Gasteiger partial charge in [-0.1, -0.05) is 0 Å². The SMILES string of the molecule is CCN(CC)c1ccc(-c2nc3n(n2)C(c2ccc([N+](=O)[O-])cc2)C(C(=O)Nc2cccnc2)=C(C)N3)cc1. The second-order valence-corrected chi connectivity index (χ2v) is 9.03. The Hall–Kier alpha value is -5.06. The van der Waals surface area contributed by atoms with Gasteiger partial charge in [0.05, 0.1) is 22.4 Å². The topological polar surface area (TPSA) is 131 Å². The van der Waals surface area contributed by atoms with Gasteiger partial charge in [0.25, 0.3) is 11.6 Å². The average Bonchev–Trinajstić information content (AvgIpc) is 3.37. The Morgan fingerprint density at radius 3 is 2.44 bits per heavy atom. The van der Waals surface area contributed by atoms with Gasteiger partial charge in [-0.15, -0.1) is 5.10 Å². The molecule has 2 aromatic carbocycles. The number of nitrogens with zero attached hydrogens (tertiary/aromatic N) is 6. The van der Waals surface area contributed by atoms with Gasteiger partial charge in [-0.3, -0.25) is 19.9 Å². The van der Waals surface area contributed by atoms with E-state index >= 15 is 0 Å². The van der Waals surface area contributed by atoms with E-state index in [0.717, 1.165) is 24.3 Å². The van der Waals surface area contributed by atoms with E-state index in [1.807, 2.05) is 24.3 Å². The van der Waals surface area contributed by atoms with E-state index in [-0.39, 0.29) is 11.6 Å². The maximum Gasteiger partial charge on any atom is 0.269 e. The molecule has 2 N–H and O–H groups in total. The van der Waals surface area contributed by atoms with E-state index in [0.29, 0.717) is 34.3 Å².